The average Bonchev–Trinajstić information content (AvgIpc) is 2.88. The van der Waals surface area contributed by atoms with Crippen LogP contribution in [0.3, 0.4) is 0 Å². The first-order valence-corrected chi connectivity index (χ1v) is 11.8. The van der Waals surface area contributed by atoms with E-state index in [1.165, 1.54) is 18.4 Å². The summed E-state index contributed by atoms with van der Waals surface area (Å²) in [7, 11) is 0. The Hall–Kier alpha value is -4.44. The normalized spacial score (nSPS) is 12.5. The summed E-state index contributed by atoms with van der Waals surface area (Å²) >= 11 is 5.99. The van der Waals surface area contributed by atoms with Crippen LogP contribution in [0.1, 0.15) is 25.5 Å². The molecule has 0 aliphatic heterocycles. The van der Waals surface area contributed by atoms with Gasteiger partial charge in [-0.2, -0.15) is 4.98 Å². The minimum Gasteiger partial charge on any atom is -0.481 e. The van der Waals surface area contributed by atoms with E-state index in [2.05, 4.69) is 15.3 Å². The lowest BCUT2D eigenvalue weighted by molar-refractivity contribution is -0.142. The van der Waals surface area contributed by atoms with Gasteiger partial charge in [-0.3, -0.25) is 14.3 Å². The molecule has 0 unspecified atom stereocenters. The lowest BCUT2D eigenvalue weighted by Gasteiger charge is -2.21. The van der Waals surface area contributed by atoms with Gasteiger partial charge in [0.15, 0.2) is 0 Å². The maximum absolute atomic E-state index is 13.5. The summed E-state index contributed by atoms with van der Waals surface area (Å²) in [6.45, 7) is 3.01. The highest BCUT2D eigenvalue weighted by molar-refractivity contribution is 6.30. The first-order chi connectivity index (χ1) is 17.7. The maximum Gasteiger partial charge on any atom is 0.355 e. The van der Waals surface area contributed by atoms with E-state index in [1.807, 2.05) is 0 Å². The molecule has 4 rings (SSSR count). The largest absolute Gasteiger partial charge is 0.481 e. The summed E-state index contributed by atoms with van der Waals surface area (Å²) in [6, 6.07) is 16.4. The van der Waals surface area contributed by atoms with E-state index < -0.39 is 29.3 Å². The first kappa shape index (κ1) is 25.6. The molecule has 0 saturated heterocycles. The Labute approximate surface area is 216 Å². The molecule has 0 saturated carbocycles. The van der Waals surface area contributed by atoms with Crippen molar-refractivity contribution >= 4 is 29.2 Å². The zero-order chi connectivity index (χ0) is 26.5. The van der Waals surface area contributed by atoms with Crippen molar-refractivity contribution in [2.45, 2.75) is 26.4 Å². The van der Waals surface area contributed by atoms with Gasteiger partial charge in [0.25, 0.3) is 0 Å². The fourth-order valence-electron chi connectivity index (χ4n) is 3.57. The Morgan fingerprint density at radius 3 is 2.38 bits per heavy atom. The Morgan fingerprint density at radius 2 is 1.76 bits per heavy atom. The van der Waals surface area contributed by atoms with Gasteiger partial charge in [-0.15, -0.1) is 0 Å². The minimum absolute atomic E-state index is 0.0114. The van der Waals surface area contributed by atoms with E-state index in [4.69, 9.17) is 16.3 Å². The molecule has 10 nitrogen and oxygen atoms in total. The first-order valence-electron chi connectivity index (χ1n) is 11.4. The number of nitrogens with one attached hydrogen (secondary N) is 1. The van der Waals surface area contributed by atoms with Crippen LogP contribution in [0.15, 0.2) is 82.6 Å². The SMILES string of the molecule is C[C@@H](C(=O)O)[C@H](C)n1c(=O)nc(Nc2ccc(Oc3cccnc3)cc2)n(Cc2ccc(Cl)cc2)c1=O. The Kier molecular flexibility index (Phi) is 7.69. The highest BCUT2D eigenvalue weighted by Crippen LogP contribution is 2.24. The molecule has 2 N–H and O–H groups in total. The molecule has 0 amide bonds. The third-order valence-electron chi connectivity index (χ3n) is 5.86. The number of ether oxygens (including phenoxy) is 1. The number of benzene rings is 2. The van der Waals surface area contributed by atoms with Gasteiger partial charge in [0.05, 0.1) is 24.7 Å². The number of aliphatic carboxylic acids is 1. The van der Waals surface area contributed by atoms with Gasteiger partial charge in [-0.1, -0.05) is 23.7 Å². The van der Waals surface area contributed by atoms with Crippen LogP contribution in [0.4, 0.5) is 11.6 Å². The van der Waals surface area contributed by atoms with Gasteiger partial charge >= 0.3 is 17.3 Å². The van der Waals surface area contributed by atoms with Crippen LogP contribution in [0.5, 0.6) is 11.5 Å². The zero-order valence-electron chi connectivity index (χ0n) is 20.0. The Balaban J connectivity index is 1.70. The highest BCUT2D eigenvalue weighted by Gasteiger charge is 2.26. The molecule has 4 aromatic rings. The lowest BCUT2D eigenvalue weighted by Crippen LogP contribution is -2.46. The molecule has 2 aromatic heterocycles. The van der Waals surface area contributed by atoms with Gasteiger partial charge in [0, 0.05) is 16.9 Å². The van der Waals surface area contributed by atoms with Gasteiger partial charge < -0.3 is 15.2 Å². The van der Waals surface area contributed by atoms with Crippen molar-refractivity contribution in [3.05, 3.63) is 105 Å². The number of carboxylic acid groups (broad SMARTS) is 1. The van der Waals surface area contributed by atoms with Crippen molar-refractivity contribution in [1.82, 2.24) is 19.1 Å². The van der Waals surface area contributed by atoms with E-state index in [9.17, 15) is 19.5 Å². The second-order valence-corrected chi connectivity index (χ2v) is 8.83. The smallest absolute Gasteiger partial charge is 0.355 e. The van der Waals surface area contributed by atoms with Crippen LogP contribution in [0.25, 0.3) is 0 Å². The number of carboxylic acids is 1. The molecule has 0 bridgehead atoms. The topological polar surface area (TPSA) is 128 Å². The number of hydrogen-bond acceptors (Lipinski definition) is 7. The van der Waals surface area contributed by atoms with E-state index in [0.29, 0.717) is 22.2 Å². The van der Waals surface area contributed by atoms with Crippen molar-refractivity contribution in [1.29, 1.82) is 0 Å². The van der Waals surface area contributed by atoms with E-state index in [0.717, 1.165) is 10.1 Å². The van der Waals surface area contributed by atoms with Crippen LogP contribution in [-0.2, 0) is 11.3 Å². The van der Waals surface area contributed by atoms with Crippen molar-refractivity contribution in [3.63, 3.8) is 0 Å². The van der Waals surface area contributed by atoms with Gasteiger partial charge in [-0.25, -0.2) is 14.2 Å². The Morgan fingerprint density at radius 1 is 1.05 bits per heavy atom. The molecule has 0 aliphatic carbocycles. The van der Waals surface area contributed by atoms with Gasteiger partial charge in [0.1, 0.15) is 11.5 Å². The van der Waals surface area contributed by atoms with Crippen LogP contribution in [0.2, 0.25) is 5.02 Å². The molecule has 0 aliphatic rings. The van der Waals surface area contributed by atoms with Crippen LogP contribution < -0.4 is 21.4 Å². The molecule has 2 atom stereocenters. The molecular formula is C26H24ClN5O5. The summed E-state index contributed by atoms with van der Waals surface area (Å²) in [5.41, 5.74) is -0.244. The molecule has 0 radical (unpaired) electrons. The highest BCUT2D eigenvalue weighted by atomic mass is 35.5. The second-order valence-electron chi connectivity index (χ2n) is 8.39. The fraction of sp³-hybridized carbons (Fsp3) is 0.192. The third kappa shape index (κ3) is 6.04. The van der Waals surface area contributed by atoms with E-state index in [-0.39, 0.29) is 12.5 Å². The standard InChI is InChI=1S/C26H24ClN5O5/c1-16(23(33)34)17(2)32-25(35)30-24(31(26(32)36)15-18-5-7-19(27)8-6-18)29-20-9-11-21(12-10-20)37-22-4-3-13-28-14-22/h3-14,16-17H,15H2,1-2H3,(H,33,34)(H,29,30,35)/t16-,17+/m1/s1. The molecule has 0 fully saturated rings. The third-order valence-corrected chi connectivity index (χ3v) is 6.11. The molecule has 2 aromatic carbocycles. The summed E-state index contributed by atoms with van der Waals surface area (Å²) in [5.74, 6) is -0.953. The molecule has 2 heterocycles. The summed E-state index contributed by atoms with van der Waals surface area (Å²) in [4.78, 5) is 46.0. The number of aromatic nitrogens is 4. The number of pyridine rings is 1. The predicted molar refractivity (Wildman–Crippen MR) is 139 cm³/mol. The van der Waals surface area contributed by atoms with Crippen molar-refractivity contribution in [3.8, 4) is 11.5 Å². The van der Waals surface area contributed by atoms with E-state index >= 15 is 0 Å². The quantitative estimate of drug-likeness (QED) is 0.333. The maximum atomic E-state index is 13.5. The minimum atomic E-state index is -1.13. The summed E-state index contributed by atoms with van der Waals surface area (Å²) in [6.07, 6.45) is 3.24. The summed E-state index contributed by atoms with van der Waals surface area (Å²) < 4.78 is 7.90. The van der Waals surface area contributed by atoms with Crippen LogP contribution in [-0.4, -0.2) is 30.2 Å². The van der Waals surface area contributed by atoms with Gasteiger partial charge in [0.2, 0.25) is 5.95 Å². The number of hydrogen-bond donors (Lipinski definition) is 2. The molecule has 0 spiro atoms. The molecule has 11 heteroatoms. The number of nitrogens with zero attached hydrogens (tertiary/aromatic N) is 4. The van der Waals surface area contributed by atoms with Crippen molar-refractivity contribution in [2.75, 3.05) is 5.32 Å². The molecular weight excluding hydrogens is 498 g/mol. The zero-order valence-corrected chi connectivity index (χ0v) is 20.8. The van der Waals surface area contributed by atoms with Crippen LogP contribution in [0, 0.1) is 5.92 Å². The van der Waals surface area contributed by atoms with Gasteiger partial charge in [-0.05, 0) is 67.9 Å². The number of halogens is 1. The lowest BCUT2D eigenvalue weighted by atomic mass is 10.0. The number of rotatable bonds is 9. The monoisotopic (exact) mass is 521 g/mol. The average molecular weight is 522 g/mol. The van der Waals surface area contributed by atoms with E-state index in [1.54, 1.807) is 73.1 Å². The fourth-order valence-corrected chi connectivity index (χ4v) is 3.70. The molecule has 190 valence electrons. The Bertz CT molecular complexity index is 1500. The number of carbonyl (C=O) groups is 1. The van der Waals surface area contributed by atoms with Crippen molar-refractivity contribution in [2.24, 2.45) is 5.92 Å². The second kappa shape index (κ2) is 11.1. The number of anilines is 2. The van der Waals surface area contributed by atoms with Crippen LogP contribution >= 0.6 is 11.6 Å². The molecule has 37 heavy (non-hydrogen) atoms. The summed E-state index contributed by atoms with van der Waals surface area (Å²) in [5, 5.41) is 13.0. The van der Waals surface area contributed by atoms with Crippen molar-refractivity contribution < 1.29 is 14.6 Å². The predicted octanol–water partition coefficient (Wildman–Crippen LogP) is 4.32.